The van der Waals surface area contributed by atoms with E-state index in [0.717, 1.165) is 24.8 Å². The van der Waals surface area contributed by atoms with Crippen LogP contribution in [0, 0.1) is 0 Å². The largest absolute Gasteiger partial charge is 0.480 e. The van der Waals surface area contributed by atoms with Crippen LogP contribution in [0.1, 0.15) is 51.0 Å². The van der Waals surface area contributed by atoms with E-state index in [2.05, 4.69) is 12.2 Å². The van der Waals surface area contributed by atoms with Crippen molar-refractivity contribution in [1.82, 2.24) is 5.32 Å². The number of hydrogen-bond donors (Lipinski definition) is 3. The summed E-state index contributed by atoms with van der Waals surface area (Å²) in [4.78, 5) is 23.0. The molecule has 162 valence electrons. The topological polar surface area (TPSA) is 102 Å². The summed E-state index contributed by atoms with van der Waals surface area (Å²) in [5.41, 5.74) is 3.61. The van der Waals surface area contributed by atoms with Gasteiger partial charge < -0.3 is 20.9 Å². The molecule has 0 fully saturated rings. The van der Waals surface area contributed by atoms with Gasteiger partial charge in [0.25, 0.3) is 6.43 Å². The molecule has 0 aliphatic carbocycles. The summed E-state index contributed by atoms with van der Waals surface area (Å²) in [5, 5.41) is 11.3. The van der Waals surface area contributed by atoms with Crippen LogP contribution in [0.3, 0.4) is 0 Å². The molecule has 1 rings (SSSR count). The molecule has 0 aromatic heterocycles. The number of carboxylic acid groups (broad SMARTS) is 1. The van der Waals surface area contributed by atoms with Gasteiger partial charge in [-0.3, -0.25) is 0 Å². The summed E-state index contributed by atoms with van der Waals surface area (Å²) in [7, 11) is 0. The van der Waals surface area contributed by atoms with E-state index < -0.39 is 36.6 Å². The van der Waals surface area contributed by atoms with Crippen LogP contribution in [0.15, 0.2) is 36.4 Å². The minimum atomic E-state index is -3.20. The first-order valence-corrected chi connectivity index (χ1v) is 9.77. The number of carboxylic acids is 1. The van der Waals surface area contributed by atoms with E-state index >= 15 is 0 Å². The van der Waals surface area contributed by atoms with E-state index in [9.17, 15) is 18.4 Å². The smallest absolute Gasteiger partial charge is 0.407 e. The van der Waals surface area contributed by atoms with Gasteiger partial charge in [0.15, 0.2) is 5.54 Å². The number of hydrogen-bond acceptors (Lipinski definition) is 4. The number of ether oxygens (including phenoxy) is 1. The lowest BCUT2D eigenvalue weighted by molar-refractivity contribution is -0.150. The maximum absolute atomic E-state index is 12.8. The normalized spacial score (nSPS) is 14.5. The van der Waals surface area contributed by atoms with E-state index in [0.29, 0.717) is 6.42 Å². The Bertz CT molecular complexity index is 655. The van der Waals surface area contributed by atoms with Crippen LogP contribution >= 0.6 is 0 Å². The molecule has 0 aliphatic heterocycles. The Morgan fingerprint density at radius 3 is 2.52 bits per heavy atom. The number of carbonyl (C=O) groups is 2. The maximum atomic E-state index is 12.8. The third-order valence-corrected chi connectivity index (χ3v) is 4.48. The van der Waals surface area contributed by atoms with Crippen molar-refractivity contribution >= 4 is 18.1 Å². The quantitative estimate of drug-likeness (QED) is 0.422. The van der Waals surface area contributed by atoms with Gasteiger partial charge in [-0.05, 0) is 37.3 Å². The Morgan fingerprint density at radius 2 is 1.93 bits per heavy atom. The summed E-state index contributed by atoms with van der Waals surface area (Å²) in [6, 6.07) is 9.60. The highest BCUT2D eigenvalue weighted by Crippen LogP contribution is 2.19. The number of alkyl halides is 2. The molecule has 2 atom stereocenters. The van der Waals surface area contributed by atoms with Gasteiger partial charge in [0.05, 0.1) is 0 Å². The van der Waals surface area contributed by atoms with Crippen LogP contribution in [0.4, 0.5) is 13.6 Å². The number of halogens is 2. The highest BCUT2D eigenvalue weighted by Gasteiger charge is 2.43. The van der Waals surface area contributed by atoms with Gasteiger partial charge in [-0.25, -0.2) is 18.4 Å². The lowest BCUT2D eigenvalue weighted by atomic mass is 9.95. The number of rotatable bonds is 13. The van der Waals surface area contributed by atoms with Crippen molar-refractivity contribution in [1.29, 1.82) is 0 Å². The molecule has 6 nitrogen and oxygen atoms in total. The molecule has 1 aromatic carbocycles. The van der Waals surface area contributed by atoms with Crippen molar-refractivity contribution in [2.24, 2.45) is 5.73 Å². The van der Waals surface area contributed by atoms with Gasteiger partial charge in [0, 0.05) is 6.54 Å². The molecule has 1 aromatic rings. The molecule has 0 aliphatic rings. The number of nitrogens with two attached hydrogens (primary N) is 1. The van der Waals surface area contributed by atoms with Gasteiger partial charge in [-0.1, -0.05) is 56.2 Å². The van der Waals surface area contributed by atoms with E-state index in [1.54, 1.807) is 0 Å². The summed E-state index contributed by atoms with van der Waals surface area (Å²) in [6.07, 6.45) is 2.54. The molecule has 0 saturated carbocycles. The van der Waals surface area contributed by atoms with Crippen LogP contribution in [0.5, 0.6) is 0 Å². The fraction of sp³-hybridized carbons (Fsp3) is 0.524. The summed E-state index contributed by atoms with van der Waals surface area (Å²) in [6.45, 7) is 2.07. The SMILES string of the molecule is CCCCCC(C=Cc1ccccc1)OC(=O)NCCCC(N)(C(=O)O)C(F)F. The number of unbranched alkanes of at least 4 members (excludes halogenated alkanes) is 2. The molecule has 1 amide bonds. The molecule has 0 saturated heterocycles. The zero-order valence-electron chi connectivity index (χ0n) is 16.7. The molecule has 0 bridgehead atoms. The number of alkyl carbamates (subject to hydrolysis) is 1. The van der Waals surface area contributed by atoms with E-state index in [4.69, 9.17) is 15.6 Å². The van der Waals surface area contributed by atoms with Crippen LogP contribution in [0.2, 0.25) is 0 Å². The average molecular weight is 412 g/mol. The van der Waals surface area contributed by atoms with Gasteiger partial charge >= 0.3 is 12.1 Å². The molecule has 8 heteroatoms. The highest BCUT2D eigenvalue weighted by molar-refractivity contribution is 5.79. The second-order valence-corrected chi connectivity index (χ2v) is 6.89. The fourth-order valence-corrected chi connectivity index (χ4v) is 2.63. The molecule has 0 radical (unpaired) electrons. The van der Waals surface area contributed by atoms with Crippen LogP contribution in [0.25, 0.3) is 6.08 Å². The lowest BCUT2D eigenvalue weighted by Crippen LogP contribution is -2.54. The first kappa shape index (κ1) is 24.6. The van der Waals surface area contributed by atoms with Gasteiger partial charge in [-0.2, -0.15) is 0 Å². The maximum Gasteiger partial charge on any atom is 0.407 e. The minimum absolute atomic E-state index is 0.0113. The zero-order chi connectivity index (χ0) is 21.7. The average Bonchev–Trinajstić information content (AvgIpc) is 2.69. The number of benzene rings is 1. The van der Waals surface area contributed by atoms with Crippen LogP contribution in [-0.2, 0) is 9.53 Å². The first-order chi connectivity index (χ1) is 13.8. The molecule has 4 N–H and O–H groups in total. The van der Waals surface area contributed by atoms with Crippen molar-refractivity contribution in [3.8, 4) is 0 Å². The Hall–Kier alpha value is -2.48. The summed E-state index contributed by atoms with van der Waals surface area (Å²) < 4.78 is 31.1. The van der Waals surface area contributed by atoms with Crippen LogP contribution < -0.4 is 11.1 Å². The van der Waals surface area contributed by atoms with Gasteiger partial charge in [0.1, 0.15) is 6.10 Å². The van der Waals surface area contributed by atoms with Crippen molar-refractivity contribution < 1.29 is 28.2 Å². The Morgan fingerprint density at radius 1 is 1.24 bits per heavy atom. The fourth-order valence-electron chi connectivity index (χ4n) is 2.63. The Labute approximate surface area is 170 Å². The first-order valence-electron chi connectivity index (χ1n) is 9.77. The van der Waals surface area contributed by atoms with E-state index in [-0.39, 0.29) is 13.0 Å². The number of nitrogens with one attached hydrogen (secondary N) is 1. The van der Waals surface area contributed by atoms with Crippen molar-refractivity contribution in [2.75, 3.05) is 6.54 Å². The molecule has 2 unspecified atom stereocenters. The van der Waals surface area contributed by atoms with Crippen molar-refractivity contribution in [3.63, 3.8) is 0 Å². The second kappa shape index (κ2) is 12.9. The minimum Gasteiger partial charge on any atom is -0.480 e. The number of aliphatic carboxylic acids is 1. The van der Waals surface area contributed by atoms with Crippen molar-refractivity contribution in [3.05, 3.63) is 42.0 Å². The molecular weight excluding hydrogens is 382 g/mol. The van der Waals surface area contributed by atoms with Crippen molar-refractivity contribution in [2.45, 2.75) is 63.5 Å². The predicted molar refractivity (Wildman–Crippen MR) is 108 cm³/mol. The van der Waals surface area contributed by atoms with Gasteiger partial charge in [-0.15, -0.1) is 0 Å². The molecule has 29 heavy (non-hydrogen) atoms. The summed E-state index contributed by atoms with van der Waals surface area (Å²) >= 11 is 0. The predicted octanol–water partition coefficient (Wildman–Crippen LogP) is 4.20. The Balaban J connectivity index is 2.52. The molecule has 0 heterocycles. The lowest BCUT2D eigenvalue weighted by Gasteiger charge is -2.23. The second-order valence-electron chi connectivity index (χ2n) is 6.89. The van der Waals surface area contributed by atoms with E-state index in [1.165, 1.54) is 0 Å². The number of carbonyl (C=O) groups excluding carboxylic acids is 1. The summed E-state index contributed by atoms with van der Waals surface area (Å²) in [5.74, 6) is -1.77. The molecular formula is C21H30F2N2O4. The standard InChI is InChI=1S/C21H30F2N2O4/c1-2-3-5-11-17(13-12-16-9-6-4-7-10-16)29-20(28)25-15-8-14-21(24,18(22)23)19(26)27/h4,6-7,9-10,12-13,17-18H,2-3,5,8,11,14-15,24H2,1H3,(H,25,28)(H,26,27). The van der Waals surface area contributed by atoms with Crippen LogP contribution in [-0.4, -0.2) is 41.8 Å². The monoisotopic (exact) mass is 412 g/mol. The Kier molecular flexibility index (Phi) is 10.9. The third-order valence-electron chi connectivity index (χ3n) is 4.48. The highest BCUT2D eigenvalue weighted by atomic mass is 19.3. The zero-order valence-corrected chi connectivity index (χ0v) is 16.7. The number of amides is 1. The third kappa shape index (κ3) is 9.04. The van der Waals surface area contributed by atoms with Gasteiger partial charge in [0.2, 0.25) is 0 Å². The van der Waals surface area contributed by atoms with E-state index in [1.807, 2.05) is 42.5 Å². The molecule has 0 spiro atoms.